The number of hydrogen-bond acceptors (Lipinski definition) is 0. The summed E-state index contributed by atoms with van der Waals surface area (Å²) < 4.78 is 28.4. The Morgan fingerprint density at radius 2 is 2.05 bits per heavy atom. The van der Waals surface area contributed by atoms with Crippen LogP contribution in [0.4, 0.5) is 8.78 Å². The van der Waals surface area contributed by atoms with Crippen molar-refractivity contribution in [3.8, 4) is 0 Å². The Hall–Kier alpha value is -1.44. The molecule has 0 saturated heterocycles. The number of rotatable bonds is 6. The van der Waals surface area contributed by atoms with Gasteiger partial charge in [-0.05, 0) is 62.5 Å². The molecular formula is C20H26F2. The third kappa shape index (κ3) is 4.06. The van der Waals surface area contributed by atoms with Crippen LogP contribution in [0.1, 0.15) is 63.5 Å². The number of aryl methyl sites for hydroxylation is 1. The predicted octanol–water partition coefficient (Wildman–Crippen LogP) is 6.46. The van der Waals surface area contributed by atoms with E-state index in [-0.39, 0.29) is 0 Å². The van der Waals surface area contributed by atoms with E-state index in [1.54, 1.807) is 12.1 Å². The first-order valence-corrected chi connectivity index (χ1v) is 8.44. The average molecular weight is 304 g/mol. The number of allylic oxidation sites excluding steroid dienone is 4. The van der Waals surface area contributed by atoms with Crippen molar-refractivity contribution in [2.45, 2.75) is 58.8 Å². The Morgan fingerprint density at radius 3 is 2.68 bits per heavy atom. The highest BCUT2D eigenvalue weighted by atomic mass is 19.2. The Bertz CT molecular complexity index is 555. The summed E-state index contributed by atoms with van der Waals surface area (Å²) >= 11 is 0. The number of benzene rings is 1. The SMILES string of the molecule is C/C=C/CCC1CC=C(c2ccc(CCC)c(F)c2F)CC1. The highest BCUT2D eigenvalue weighted by Crippen LogP contribution is 2.34. The lowest BCUT2D eigenvalue weighted by atomic mass is 9.84. The third-order valence-electron chi connectivity index (χ3n) is 4.52. The molecule has 0 nitrogen and oxygen atoms in total. The summed E-state index contributed by atoms with van der Waals surface area (Å²) in [6.07, 6.45) is 13.0. The van der Waals surface area contributed by atoms with Gasteiger partial charge in [0, 0.05) is 5.56 Å². The fraction of sp³-hybridized carbons (Fsp3) is 0.500. The summed E-state index contributed by atoms with van der Waals surface area (Å²) in [4.78, 5) is 0. The summed E-state index contributed by atoms with van der Waals surface area (Å²) in [7, 11) is 0. The van der Waals surface area contributed by atoms with Gasteiger partial charge in [0.05, 0.1) is 0 Å². The van der Waals surface area contributed by atoms with Crippen LogP contribution in [0.5, 0.6) is 0 Å². The molecule has 1 aliphatic rings. The molecule has 0 N–H and O–H groups in total. The van der Waals surface area contributed by atoms with Gasteiger partial charge >= 0.3 is 0 Å². The summed E-state index contributed by atoms with van der Waals surface area (Å²) in [5.41, 5.74) is 1.93. The summed E-state index contributed by atoms with van der Waals surface area (Å²) in [6, 6.07) is 3.51. The van der Waals surface area contributed by atoms with Crippen LogP contribution in [0.15, 0.2) is 30.4 Å². The lowest BCUT2D eigenvalue weighted by Crippen LogP contribution is -2.07. The molecule has 1 unspecified atom stereocenters. The van der Waals surface area contributed by atoms with Crippen LogP contribution < -0.4 is 0 Å². The van der Waals surface area contributed by atoms with Crippen molar-refractivity contribution in [1.82, 2.24) is 0 Å². The molecule has 2 rings (SSSR count). The first-order chi connectivity index (χ1) is 10.7. The van der Waals surface area contributed by atoms with Gasteiger partial charge in [-0.2, -0.15) is 0 Å². The van der Waals surface area contributed by atoms with E-state index in [1.165, 1.54) is 6.42 Å². The maximum atomic E-state index is 14.3. The van der Waals surface area contributed by atoms with Crippen LogP contribution in [0.3, 0.4) is 0 Å². The molecule has 2 heteroatoms. The number of hydrogen-bond donors (Lipinski definition) is 0. The molecule has 0 heterocycles. The van der Waals surface area contributed by atoms with Gasteiger partial charge in [-0.3, -0.25) is 0 Å². The minimum Gasteiger partial charge on any atom is -0.203 e. The molecule has 1 aliphatic carbocycles. The lowest BCUT2D eigenvalue weighted by molar-refractivity contribution is 0.451. The zero-order valence-electron chi connectivity index (χ0n) is 13.7. The highest BCUT2D eigenvalue weighted by Gasteiger charge is 2.20. The van der Waals surface area contributed by atoms with Gasteiger partial charge in [0.2, 0.25) is 0 Å². The smallest absolute Gasteiger partial charge is 0.166 e. The minimum atomic E-state index is -0.662. The molecule has 0 amide bonds. The van der Waals surface area contributed by atoms with Crippen molar-refractivity contribution >= 4 is 5.57 Å². The Kier molecular flexibility index (Phi) is 6.35. The van der Waals surface area contributed by atoms with E-state index in [0.717, 1.165) is 37.7 Å². The molecule has 1 atom stereocenters. The first kappa shape index (κ1) is 16.9. The Labute approximate surface area is 132 Å². The second-order valence-electron chi connectivity index (χ2n) is 6.17. The first-order valence-electron chi connectivity index (χ1n) is 8.44. The van der Waals surface area contributed by atoms with Crippen LogP contribution in [0.25, 0.3) is 5.57 Å². The van der Waals surface area contributed by atoms with Crippen molar-refractivity contribution in [2.24, 2.45) is 5.92 Å². The van der Waals surface area contributed by atoms with Crippen LogP contribution in [0.2, 0.25) is 0 Å². The molecule has 0 aromatic heterocycles. The van der Waals surface area contributed by atoms with Crippen molar-refractivity contribution in [3.63, 3.8) is 0 Å². The lowest BCUT2D eigenvalue weighted by Gasteiger charge is -2.22. The van der Waals surface area contributed by atoms with Crippen molar-refractivity contribution in [2.75, 3.05) is 0 Å². The second kappa shape index (κ2) is 8.26. The Morgan fingerprint density at radius 1 is 1.23 bits per heavy atom. The normalized spacial score (nSPS) is 18.7. The molecule has 120 valence electrons. The molecule has 0 spiro atoms. The van der Waals surface area contributed by atoms with Crippen molar-refractivity contribution < 1.29 is 8.78 Å². The van der Waals surface area contributed by atoms with Gasteiger partial charge in [0.15, 0.2) is 11.6 Å². The molecule has 0 aliphatic heterocycles. The molecule has 0 fully saturated rings. The van der Waals surface area contributed by atoms with Gasteiger partial charge < -0.3 is 0 Å². The van der Waals surface area contributed by atoms with E-state index in [1.807, 2.05) is 13.8 Å². The molecular weight excluding hydrogens is 278 g/mol. The maximum Gasteiger partial charge on any atom is 0.166 e. The molecule has 0 bridgehead atoms. The Balaban J connectivity index is 2.08. The van der Waals surface area contributed by atoms with E-state index in [2.05, 4.69) is 18.2 Å². The monoisotopic (exact) mass is 304 g/mol. The zero-order chi connectivity index (χ0) is 15.9. The molecule has 22 heavy (non-hydrogen) atoms. The third-order valence-corrected chi connectivity index (χ3v) is 4.52. The van der Waals surface area contributed by atoms with Crippen LogP contribution in [-0.4, -0.2) is 0 Å². The standard InChI is InChI=1S/C20H26F2/c1-3-5-6-8-15-9-11-16(12-10-15)18-14-13-17(7-4-2)19(21)20(18)22/h3,5,11,13-15H,4,6-10,12H2,1-2H3/b5-3+. The van der Waals surface area contributed by atoms with E-state index < -0.39 is 11.6 Å². The molecule has 0 saturated carbocycles. The van der Waals surface area contributed by atoms with Crippen LogP contribution in [0, 0.1) is 17.6 Å². The van der Waals surface area contributed by atoms with Gasteiger partial charge in [-0.15, -0.1) is 0 Å². The van der Waals surface area contributed by atoms with Crippen molar-refractivity contribution in [3.05, 3.63) is 53.1 Å². The quantitative estimate of drug-likeness (QED) is 0.529. The zero-order valence-corrected chi connectivity index (χ0v) is 13.7. The largest absolute Gasteiger partial charge is 0.203 e. The van der Waals surface area contributed by atoms with E-state index in [0.29, 0.717) is 23.5 Å². The number of halogens is 2. The van der Waals surface area contributed by atoms with Gasteiger partial charge in [0.1, 0.15) is 0 Å². The average Bonchev–Trinajstić information content (AvgIpc) is 2.53. The van der Waals surface area contributed by atoms with Crippen LogP contribution in [-0.2, 0) is 6.42 Å². The van der Waals surface area contributed by atoms with E-state index in [4.69, 9.17) is 0 Å². The van der Waals surface area contributed by atoms with Crippen LogP contribution >= 0.6 is 0 Å². The fourth-order valence-corrected chi connectivity index (χ4v) is 3.19. The fourth-order valence-electron chi connectivity index (χ4n) is 3.19. The summed E-state index contributed by atoms with van der Waals surface area (Å²) in [5, 5.41) is 0. The molecule has 1 aromatic rings. The molecule has 1 aromatic carbocycles. The summed E-state index contributed by atoms with van der Waals surface area (Å²) in [5.74, 6) is -0.646. The van der Waals surface area contributed by atoms with Gasteiger partial charge in [0.25, 0.3) is 0 Å². The predicted molar refractivity (Wildman–Crippen MR) is 89.7 cm³/mol. The topological polar surface area (TPSA) is 0 Å². The van der Waals surface area contributed by atoms with Crippen molar-refractivity contribution in [1.29, 1.82) is 0 Å². The molecule has 0 radical (unpaired) electrons. The summed E-state index contributed by atoms with van der Waals surface area (Å²) in [6.45, 7) is 4.02. The maximum absolute atomic E-state index is 14.3. The highest BCUT2D eigenvalue weighted by molar-refractivity contribution is 5.67. The van der Waals surface area contributed by atoms with Gasteiger partial charge in [-0.1, -0.05) is 43.7 Å². The van der Waals surface area contributed by atoms with E-state index >= 15 is 0 Å². The second-order valence-corrected chi connectivity index (χ2v) is 6.17. The van der Waals surface area contributed by atoms with E-state index in [9.17, 15) is 8.78 Å². The minimum absolute atomic E-state index is 0.462. The van der Waals surface area contributed by atoms with Gasteiger partial charge in [-0.25, -0.2) is 8.78 Å².